The lowest BCUT2D eigenvalue weighted by Gasteiger charge is -2.18. The number of Topliss-reactive ketones (excluding diaryl/α,β-unsaturated/α-hetero) is 3. The molecule has 10 nitrogen and oxygen atoms in total. The summed E-state index contributed by atoms with van der Waals surface area (Å²) >= 11 is 0. The molecular weight excluding hydrogens is 500 g/mol. The van der Waals surface area contributed by atoms with Crippen LogP contribution in [0.3, 0.4) is 0 Å². The highest BCUT2D eigenvalue weighted by Gasteiger charge is 2.25. The molecule has 0 aliphatic heterocycles. The molecule has 0 radical (unpaired) electrons. The molecule has 0 unspecified atom stereocenters. The van der Waals surface area contributed by atoms with Crippen molar-refractivity contribution in [3.8, 4) is 0 Å². The van der Waals surface area contributed by atoms with Gasteiger partial charge in [-0.1, -0.05) is 51.0 Å². The molecule has 0 aliphatic carbocycles. The summed E-state index contributed by atoms with van der Waals surface area (Å²) in [6.07, 6.45) is 3.94. The number of ketones is 3. The van der Waals surface area contributed by atoms with Crippen molar-refractivity contribution < 1.29 is 24.0 Å². The first kappa shape index (κ1) is 31.1. The molecule has 0 saturated carbocycles. The summed E-state index contributed by atoms with van der Waals surface area (Å²) in [4.78, 5) is 75.0. The maximum atomic E-state index is 13.2. The average Bonchev–Trinajstić information content (AvgIpc) is 2.93. The minimum absolute atomic E-state index is 0.0580. The first-order valence-electron chi connectivity index (χ1n) is 13.3. The van der Waals surface area contributed by atoms with Gasteiger partial charge in [0.15, 0.2) is 11.6 Å². The number of urea groups is 1. The molecule has 1 aromatic heterocycles. The molecule has 210 valence electrons. The zero-order chi connectivity index (χ0) is 28.8. The number of aromatic nitrogens is 1. The number of likely N-dealkylation sites (N-methyl/N-ethyl adjacent to an activating group) is 1. The summed E-state index contributed by atoms with van der Waals surface area (Å²) in [5.74, 6) is -1.62. The van der Waals surface area contributed by atoms with Crippen LogP contribution < -0.4 is 21.5 Å². The Bertz CT molecular complexity index is 1200. The number of benzene rings is 1. The Balaban J connectivity index is 2.13. The van der Waals surface area contributed by atoms with Crippen molar-refractivity contribution in [3.05, 3.63) is 64.6 Å². The highest BCUT2D eigenvalue weighted by Crippen LogP contribution is 2.15. The number of nitrogens with zero attached hydrogens (tertiary/aromatic N) is 1. The van der Waals surface area contributed by atoms with Crippen LogP contribution in [0.1, 0.15) is 57.9 Å². The highest BCUT2D eigenvalue weighted by molar-refractivity contribution is 6.36. The number of para-hydroxylation sites is 1. The zero-order valence-corrected chi connectivity index (χ0v) is 22.8. The molecule has 1 aromatic carbocycles. The van der Waals surface area contributed by atoms with E-state index in [0.717, 1.165) is 19.3 Å². The summed E-state index contributed by atoms with van der Waals surface area (Å²) in [6, 6.07) is 9.90. The molecular formula is C29H38N4O6. The Morgan fingerprint density at radius 2 is 1.59 bits per heavy atom. The van der Waals surface area contributed by atoms with Crippen LogP contribution >= 0.6 is 0 Å². The highest BCUT2D eigenvalue weighted by atomic mass is 16.2. The zero-order valence-electron chi connectivity index (χ0n) is 22.8. The second kappa shape index (κ2) is 16.0. The number of carbonyl (C=O) groups is 5. The van der Waals surface area contributed by atoms with Gasteiger partial charge in [-0.25, -0.2) is 4.79 Å². The van der Waals surface area contributed by atoms with Crippen molar-refractivity contribution in [2.45, 2.75) is 71.4 Å². The smallest absolute Gasteiger partial charge is 0.319 e. The summed E-state index contributed by atoms with van der Waals surface area (Å²) in [5.41, 5.74) is 0.210. The quantitative estimate of drug-likeness (QED) is 0.280. The van der Waals surface area contributed by atoms with Gasteiger partial charge < -0.3 is 20.5 Å². The molecule has 0 aliphatic rings. The second-order valence-corrected chi connectivity index (χ2v) is 9.43. The van der Waals surface area contributed by atoms with Crippen LogP contribution in [0.15, 0.2) is 53.5 Å². The molecule has 39 heavy (non-hydrogen) atoms. The number of anilines is 1. The van der Waals surface area contributed by atoms with E-state index in [1.807, 2.05) is 0 Å². The fourth-order valence-electron chi connectivity index (χ4n) is 4.18. The average molecular weight is 539 g/mol. The summed E-state index contributed by atoms with van der Waals surface area (Å²) in [6.45, 7) is 4.10. The normalized spacial score (nSPS) is 11.5. The van der Waals surface area contributed by atoms with Gasteiger partial charge in [0.1, 0.15) is 0 Å². The molecule has 2 aromatic rings. The van der Waals surface area contributed by atoms with Crippen molar-refractivity contribution in [2.75, 3.05) is 12.4 Å². The lowest BCUT2D eigenvalue weighted by molar-refractivity contribution is -0.137. The minimum atomic E-state index is -1.13. The van der Waals surface area contributed by atoms with Gasteiger partial charge in [-0.2, -0.15) is 0 Å². The molecule has 0 spiro atoms. The number of carbonyl (C=O) groups excluding carboxylic acids is 5. The van der Waals surface area contributed by atoms with E-state index in [1.165, 1.54) is 23.9 Å². The Kier molecular flexibility index (Phi) is 12.8. The van der Waals surface area contributed by atoms with Crippen LogP contribution in [0.5, 0.6) is 0 Å². The van der Waals surface area contributed by atoms with E-state index in [4.69, 9.17) is 0 Å². The first-order valence-corrected chi connectivity index (χ1v) is 13.3. The molecule has 10 heteroatoms. The van der Waals surface area contributed by atoms with E-state index >= 15 is 0 Å². The van der Waals surface area contributed by atoms with Crippen LogP contribution in [0.2, 0.25) is 0 Å². The van der Waals surface area contributed by atoms with Gasteiger partial charge in [0.2, 0.25) is 5.78 Å². The van der Waals surface area contributed by atoms with E-state index in [0.29, 0.717) is 18.0 Å². The maximum Gasteiger partial charge on any atom is 0.319 e. The van der Waals surface area contributed by atoms with Gasteiger partial charge in [-0.05, 0) is 37.0 Å². The van der Waals surface area contributed by atoms with Crippen molar-refractivity contribution in [1.29, 1.82) is 0 Å². The predicted molar refractivity (Wildman–Crippen MR) is 148 cm³/mol. The van der Waals surface area contributed by atoms with Gasteiger partial charge in [0.05, 0.1) is 12.6 Å². The van der Waals surface area contributed by atoms with E-state index < -0.39 is 35.1 Å². The monoisotopic (exact) mass is 538 g/mol. The fourth-order valence-corrected chi connectivity index (χ4v) is 4.18. The van der Waals surface area contributed by atoms with Crippen molar-refractivity contribution >= 4 is 35.0 Å². The van der Waals surface area contributed by atoms with Gasteiger partial charge in [0, 0.05) is 43.8 Å². The number of pyridine rings is 1. The Labute approximate surface area is 228 Å². The van der Waals surface area contributed by atoms with Crippen molar-refractivity contribution in [3.63, 3.8) is 0 Å². The third-order valence-corrected chi connectivity index (χ3v) is 6.66. The number of amides is 3. The lowest BCUT2D eigenvalue weighted by Crippen LogP contribution is -2.45. The molecule has 0 saturated heterocycles. The topological polar surface area (TPSA) is 143 Å². The largest absolute Gasteiger partial charge is 0.353 e. The van der Waals surface area contributed by atoms with Gasteiger partial charge in [0.25, 0.3) is 11.5 Å². The van der Waals surface area contributed by atoms with Gasteiger partial charge in [-0.15, -0.1) is 0 Å². The van der Waals surface area contributed by atoms with E-state index in [9.17, 15) is 28.8 Å². The van der Waals surface area contributed by atoms with Crippen LogP contribution in [0, 0.1) is 5.92 Å². The predicted octanol–water partition coefficient (Wildman–Crippen LogP) is 3.03. The third kappa shape index (κ3) is 10.3. The molecule has 3 N–H and O–H groups in total. The number of nitrogens with one attached hydrogen (secondary N) is 3. The second-order valence-electron chi connectivity index (χ2n) is 9.43. The number of rotatable bonds is 16. The summed E-state index contributed by atoms with van der Waals surface area (Å²) < 4.78 is 1.29. The summed E-state index contributed by atoms with van der Waals surface area (Å²) in [5, 5.41) is 7.41. The third-order valence-electron chi connectivity index (χ3n) is 6.66. The Morgan fingerprint density at radius 3 is 2.23 bits per heavy atom. The van der Waals surface area contributed by atoms with Crippen molar-refractivity contribution in [1.82, 2.24) is 15.2 Å². The molecule has 0 fully saturated rings. The van der Waals surface area contributed by atoms with Crippen LogP contribution in [0.25, 0.3) is 0 Å². The minimum Gasteiger partial charge on any atom is -0.353 e. The van der Waals surface area contributed by atoms with Crippen molar-refractivity contribution in [2.24, 2.45) is 5.92 Å². The van der Waals surface area contributed by atoms with E-state index in [2.05, 4.69) is 29.8 Å². The molecule has 3 amide bonds. The lowest BCUT2D eigenvalue weighted by atomic mass is 9.96. The van der Waals surface area contributed by atoms with E-state index in [-0.39, 0.29) is 37.2 Å². The maximum absolute atomic E-state index is 13.2. The number of hydrogen-bond donors (Lipinski definition) is 3. The standard InChI is InChI=1S/C29H38N4O6/c1-4-20(5-2)13-14-23(34)19-33-17-9-10-21(28(33)38)18-26(36)24(15-16-25(35)27(37)30-3)32-29(39)31-22-11-7-6-8-12-22/h6-12,17,20,24H,4-5,13-16,18-19H2,1-3H3,(H,30,37)(H2,31,32,39)/t24-/m0/s1. The molecule has 0 bridgehead atoms. The molecule has 2 rings (SSSR count). The Morgan fingerprint density at radius 1 is 0.897 bits per heavy atom. The summed E-state index contributed by atoms with van der Waals surface area (Å²) in [7, 11) is 1.32. The molecule has 1 heterocycles. The van der Waals surface area contributed by atoms with Crippen LogP contribution in [-0.2, 0) is 32.1 Å². The van der Waals surface area contributed by atoms with Gasteiger partial charge >= 0.3 is 6.03 Å². The SMILES string of the molecule is CCC(CC)CCC(=O)Cn1cccc(CC(=O)[C@H](CCC(=O)C(=O)NC)NC(=O)Nc2ccccc2)c1=O. The molecule has 1 atom stereocenters. The first-order chi connectivity index (χ1) is 18.7. The van der Waals surface area contributed by atoms with Crippen LogP contribution in [0.4, 0.5) is 10.5 Å². The number of hydrogen-bond acceptors (Lipinski definition) is 6. The Hall–Kier alpha value is -4.08. The van der Waals surface area contributed by atoms with Crippen LogP contribution in [-0.4, -0.2) is 46.9 Å². The van der Waals surface area contributed by atoms with E-state index in [1.54, 1.807) is 36.4 Å². The fraction of sp³-hybridized carbons (Fsp3) is 0.448. The van der Waals surface area contributed by atoms with Gasteiger partial charge in [-0.3, -0.25) is 24.0 Å².